The predicted octanol–water partition coefficient (Wildman–Crippen LogP) is 4.42. The van der Waals surface area contributed by atoms with Crippen molar-refractivity contribution in [3.8, 4) is 5.69 Å². The summed E-state index contributed by atoms with van der Waals surface area (Å²) in [4.78, 5) is 6.86. The van der Waals surface area contributed by atoms with Crippen LogP contribution in [0.25, 0.3) is 5.69 Å². The van der Waals surface area contributed by atoms with E-state index < -0.39 is 0 Å². The average Bonchev–Trinajstić information content (AvgIpc) is 3.22. The van der Waals surface area contributed by atoms with Crippen LogP contribution in [0.4, 0.5) is 0 Å². The number of hydrogen-bond acceptors (Lipinski definition) is 3. The summed E-state index contributed by atoms with van der Waals surface area (Å²) in [5.41, 5.74) is 7.11. The van der Waals surface area contributed by atoms with Crippen LogP contribution >= 0.6 is 12.2 Å². The second-order valence-electron chi connectivity index (χ2n) is 7.81. The number of aryl methyl sites for hydroxylation is 2. The molecule has 4 rings (SSSR count). The van der Waals surface area contributed by atoms with Gasteiger partial charge in [-0.05, 0) is 74.4 Å². The van der Waals surface area contributed by atoms with E-state index in [2.05, 4.69) is 76.9 Å². The largest absolute Gasteiger partial charge is 0.383 e. The van der Waals surface area contributed by atoms with Gasteiger partial charge in [0.2, 0.25) is 0 Å². The Morgan fingerprint density at radius 2 is 1.93 bits per heavy atom. The summed E-state index contributed by atoms with van der Waals surface area (Å²) in [7, 11) is 1.72. The van der Waals surface area contributed by atoms with E-state index in [9.17, 15) is 0 Å². The molecule has 30 heavy (non-hydrogen) atoms. The van der Waals surface area contributed by atoms with Crippen LogP contribution in [0.3, 0.4) is 0 Å². The minimum Gasteiger partial charge on any atom is -0.383 e. The molecule has 3 aromatic rings. The predicted molar refractivity (Wildman–Crippen MR) is 124 cm³/mol. The molecule has 156 valence electrons. The third-order valence-electron chi connectivity index (χ3n) is 5.78. The first-order valence-corrected chi connectivity index (χ1v) is 10.6. The van der Waals surface area contributed by atoms with Crippen LogP contribution in [0.2, 0.25) is 0 Å². The first kappa shape index (κ1) is 20.6. The second-order valence-corrected chi connectivity index (χ2v) is 8.20. The van der Waals surface area contributed by atoms with Crippen LogP contribution in [0.1, 0.15) is 40.3 Å². The number of hydrogen-bond donors (Lipinski definition) is 1. The van der Waals surface area contributed by atoms with Gasteiger partial charge in [-0.2, -0.15) is 0 Å². The summed E-state index contributed by atoms with van der Waals surface area (Å²) in [5.74, 6) is 0. The smallest absolute Gasteiger partial charge is 0.170 e. The van der Waals surface area contributed by atoms with E-state index in [4.69, 9.17) is 17.0 Å². The van der Waals surface area contributed by atoms with Crippen molar-refractivity contribution in [2.75, 3.05) is 20.3 Å². The van der Waals surface area contributed by atoms with Crippen molar-refractivity contribution in [1.29, 1.82) is 0 Å². The molecule has 6 heteroatoms. The highest BCUT2D eigenvalue weighted by molar-refractivity contribution is 7.80. The summed E-state index contributed by atoms with van der Waals surface area (Å²) < 4.78 is 7.70. The first-order valence-electron chi connectivity index (χ1n) is 10.2. The van der Waals surface area contributed by atoms with Gasteiger partial charge in [0.25, 0.3) is 0 Å². The molecule has 0 radical (unpaired) electrons. The minimum absolute atomic E-state index is 0.0120. The Hall–Kier alpha value is -2.70. The number of thiocarbonyl (C=S) groups is 1. The number of benzene rings is 1. The summed E-state index contributed by atoms with van der Waals surface area (Å²) in [5, 5.41) is 4.26. The lowest BCUT2D eigenvalue weighted by molar-refractivity contribution is 0.164. The highest BCUT2D eigenvalue weighted by Crippen LogP contribution is 2.41. The number of pyridine rings is 1. The van der Waals surface area contributed by atoms with Crippen LogP contribution < -0.4 is 5.32 Å². The van der Waals surface area contributed by atoms with Gasteiger partial charge in [-0.1, -0.05) is 18.2 Å². The molecule has 5 nitrogen and oxygen atoms in total. The standard InChI is InChI=1S/C24H28N4OS/c1-16-8-7-9-19(14-16)28-17(2)15-20(18(28)3)23-22(21-10-5-6-11-25-21)26-24(30)27(23)12-13-29-4/h5-11,14-15,22-23H,12-13H2,1-4H3,(H,26,30)/t22-,23-/m1/s1. The molecule has 0 aliphatic carbocycles. The van der Waals surface area contributed by atoms with Crippen molar-refractivity contribution < 1.29 is 4.74 Å². The van der Waals surface area contributed by atoms with Crippen LogP contribution in [-0.4, -0.2) is 39.8 Å². The number of aromatic nitrogens is 2. The van der Waals surface area contributed by atoms with Gasteiger partial charge in [-0.3, -0.25) is 4.98 Å². The molecule has 1 aliphatic heterocycles. The van der Waals surface area contributed by atoms with E-state index in [1.807, 2.05) is 18.3 Å². The topological polar surface area (TPSA) is 42.3 Å². The van der Waals surface area contributed by atoms with E-state index >= 15 is 0 Å². The van der Waals surface area contributed by atoms with Gasteiger partial charge in [0, 0.05) is 36.9 Å². The Balaban J connectivity index is 1.82. The van der Waals surface area contributed by atoms with Crippen LogP contribution in [0.15, 0.2) is 54.7 Å². The van der Waals surface area contributed by atoms with Gasteiger partial charge in [0.15, 0.2) is 5.11 Å². The summed E-state index contributed by atoms with van der Waals surface area (Å²) in [6, 6.07) is 17.0. The van der Waals surface area contributed by atoms with Crippen molar-refractivity contribution in [3.63, 3.8) is 0 Å². The van der Waals surface area contributed by atoms with Gasteiger partial charge < -0.3 is 19.5 Å². The molecule has 2 atom stereocenters. The average molecular weight is 421 g/mol. The number of nitrogens with one attached hydrogen (secondary N) is 1. The molecule has 0 saturated carbocycles. The van der Waals surface area contributed by atoms with Crippen molar-refractivity contribution in [2.24, 2.45) is 0 Å². The van der Waals surface area contributed by atoms with E-state index in [1.165, 1.54) is 28.2 Å². The lowest BCUT2D eigenvalue weighted by Gasteiger charge is -2.28. The zero-order chi connectivity index (χ0) is 21.3. The molecule has 1 aromatic carbocycles. The molecule has 1 aliphatic rings. The van der Waals surface area contributed by atoms with E-state index in [0.717, 1.165) is 17.4 Å². The van der Waals surface area contributed by atoms with Crippen molar-refractivity contribution in [3.05, 3.63) is 82.9 Å². The normalized spacial score (nSPS) is 18.7. The molecular weight excluding hydrogens is 392 g/mol. The molecule has 1 fully saturated rings. The van der Waals surface area contributed by atoms with Gasteiger partial charge in [-0.25, -0.2) is 0 Å². The third-order valence-corrected chi connectivity index (χ3v) is 6.14. The molecule has 1 N–H and O–H groups in total. The van der Waals surface area contributed by atoms with Gasteiger partial charge >= 0.3 is 0 Å². The highest BCUT2D eigenvalue weighted by Gasteiger charge is 2.41. The van der Waals surface area contributed by atoms with Gasteiger partial charge in [0.1, 0.15) is 0 Å². The number of rotatable bonds is 6. The summed E-state index contributed by atoms with van der Waals surface area (Å²) >= 11 is 5.73. The molecule has 2 aromatic heterocycles. The van der Waals surface area contributed by atoms with Crippen LogP contribution in [0.5, 0.6) is 0 Å². The minimum atomic E-state index is -0.0120. The van der Waals surface area contributed by atoms with Gasteiger partial charge in [0.05, 0.1) is 24.4 Å². The zero-order valence-electron chi connectivity index (χ0n) is 17.9. The monoisotopic (exact) mass is 420 g/mol. The third kappa shape index (κ3) is 3.73. The highest BCUT2D eigenvalue weighted by atomic mass is 32.1. The molecule has 0 amide bonds. The van der Waals surface area contributed by atoms with E-state index in [0.29, 0.717) is 6.61 Å². The maximum Gasteiger partial charge on any atom is 0.170 e. The van der Waals surface area contributed by atoms with Crippen LogP contribution in [0, 0.1) is 20.8 Å². The first-order chi connectivity index (χ1) is 14.5. The van der Waals surface area contributed by atoms with Crippen molar-refractivity contribution >= 4 is 17.3 Å². The molecule has 1 saturated heterocycles. The maximum atomic E-state index is 5.73. The Morgan fingerprint density at radius 1 is 1.10 bits per heavy atom. The summed E-state index contributed by atoms with van der Waals surface area (Å²) in [6.07, 6.45) is 1.84. The molecule has 0 unspecified atom stereocenters. The Morgan fingerprint density at radius 3 is 2.63 bits per heavy atom. The molecule has 0 bridgehead atoms. The quantitative estimate of drug-likeness (QED) is 0.598. The number of ether oxygens (including phenoxy) is 1. The second kappa shape index (κ2) is 8.58. The fourth-order valence-electron chi connectivity index (χ4n) is 4.43. The van der Waals surface area contributed by atoms with Gasteiger partial charge in [-0.15, -0.1) is 0 Å². The number of methoxy groups -OCH3 is 1. The van der Waals surface area contributed by atoms with E-state index in [-0.39, 0.29) is 12.1 Å². The Labute approximate surface area is 183 Å². The molecule has 3 heterocycles. The molecular formula is C24H28N4OS. The fourth-order valence-corrected chi connectivity index (χ4v) is 4.76. The lowest BCUT2D eigenvalue weighted by atomic mass is 9.97. The molecule has 0 spiro atoms. The zero-order valence-corrected chi connectivity index (χ0v) is 18.7. The van der Waals surface area contributed by atoms with Crippen LogP contribution in [-0.2, 0) is 4.74 Å². The van der Waals surface area contributed by atoms with E-state index in [1.54, 1.807) is 7.11 Å². The Bertz CT molecular complexity index is 1050. The van der Waals surface area contributed by atoms with Crippen molar-refractivity contribution in [1.82, 2.24) is 19.8 Å². The Kier molecular flexibility index (Phi) is 5.88. The maximum absolute atomic E-state index is 5.73. The lowest BCUT2D eigenvalue weighted by Crippen LogP contribution is -2.32. The summed E-state index contributed by atoms with van der Waals surface area (Å²) in [6.45, 7) is 7.82. The SMILES string of the molecule is COCCN1C(=S)N[C@H](c2ccccn2)[C@H]1c1cc(C)n(-c2cccc(C)c2)c1C. The van der Waals surface area contributed by atoms with Crippen molar-refractivity contribution in [2.45, 2.75) is 32.9 Å². The fraction of sp³-hybridized carbons (Fsp3) is 0.333. The number of nitrogens with zero attached hydrogens (tertiary/aromatic N) is 3.